The lowest BCUT2D eigenvalue weighted by atomic mass is 10.1. The maximum absolute atomic E-state index is 11.8. The molecule has 0 bridgehead atoms. The van der Waals surface area contributed by atoms with Crippen molar-refractivity contribution < 1.29 is 4.79 Å². The number of fused-ring (bicyclic) bond motifs is 1. The molecule has 6 heteroatoms. The number of hydrogen-bond donors (Lipinski definition) is 2. The van der Waals surface area contributed by atoms with Gasteiger partial charge in [0.2, 0.25) is 0 Å². The van der Waals surface area contributed by atoms with Gasteiger partial charge in [-0.05, 0) is 43.0 Å². The van der Waals surface area contributed by atoms with E-state index >= 15 is 0 Å². The van der Waals surface area contributed by atoms with E-state index in [-0.39, 0.29) is 12.1 Å². The maximum atomic E-state index is 11.8. The van der Waals surface area contributed by atoms with Crippen LogP contribution in [-0.4, -0.2) is 28.9 Å². The Hall–Kier alpha value is -3.64. The zero-order valence-corrected chi connectivity index (χ0v) is 18.4. The fourth-order valence-electron chi connectivity index (χ4n) is 4.38. The highest BCUT2D eigenvalue weighted by atomic mass is 16.2. The lowest BCUT2D eigenvalue weighted by Crippen LogP contribution is -2.27. The predicted molar refractivity (Wildman–Crippen MR) is 128 cm³/mol. The number of nitrogens with zero attached hydrogens (tertiary/aromatic N) is 3. The first-order valence-corrected chi connectivity index (χ1v) is 11.0. The summed E-state index contributed by atoms with van der Waals surface area (Å²) in [5.41, 5.74) is 5.53. The van der Waals surface area contributed by atoms with E-state index in [4.69, 9.17) is 5.10 Å². The number of aromatic nitrogens is 2. The molecule has 4 aromatic rings. The fraction of sp³-hybridized carbons (Fsp3) is 0.231. The van der Waals surface area contributed by atoms with Crippen molar-refractivity contribution >= 4 is 22.5 Å². The highest BCUT2D eigenvalue weighted by Gasteiger charge is 2.21. The Morgan fingerprint density at radius 3 is 2.62 bits per heavy atom. The summed E-state index contributed by atoms with van der Waals surface area (Å²) in [6.45, 7) is 6.45. The van der Waals surface area contributed by atoms with Gasteiger partial charge in [-0.25, -0.2) is 9.48 Å². The number of amides is 2. The molecule has 1 aliphatic rings. The zero-order chi connectivity index (χ0) is 22.1. The van der Waals surface area contributed by atoms with Crippen molar-refractivity contribution in [3.8, 4) is 5.69 Å². The molecule has 32 heavy (non-hydrogen) atoms. The molecule has 0 spiro atoms. The Morgan fingerprint density at radius 1 is 1.06 bits per heavy atom. The van der Waals surface area contributed by atoms with Gasteiger partial charge < -0.3 is 10.6 Å². The SMILES string of the molecule is Cc1c([C@@H](C)NCc2ccc(N3CCNC3=O)cc2)cnn1-c1cccc2ccccc12. The Kier molecular flexibility index (Phi) is 5.37. The predicted octanol–water partition coefficient (Wildman–Crippen LogP) is 4.71. The monoisotopic (exact) mass is 425 g/mol. The van der Waals surface area contributed by atoms with Crippen LogP contribution in [0.1, 0.15) is 29.8 Å². The summed E-state index contributed by atoms with van der Waals surface area (Å²) >= 11 is 0. The Bertz CT molecular complexity index is 1260. The first kappa shape index (κ1) is 20.3. The molecule has 2 amide bonds. The van der Waals surface area contributed by atoms with E-state index in [9.17, 15) is 4.79 Å². The van der Waals surface area contributed by atoms with Gasteiger partial charge in [-0.3, -0.25) is 4.90 Å². The minimum absolute atomic E-state index is 0.0248. The van der Waals surface area contributed by atoms with Gasteiger partial charge in [0.15, 0.2) is 0 Å². The number of benzene rings is 3. The molecule has 6 nitrogen and oxygen atoms in total. The summed E-state index contributed by atoms with van der Waals surface area (Å²) in [6, 6.07) is 23.0. The van der Waals surface area contributed by atoms with Gasteiger partial charge in [-0.1, -0.05) is 48.5 Å². The van der Waals surface area contributed by atoms with E-state index in [0.717, 1.165) is 23.6 Å². The van der Waals surface area contributed by atoms with Gasteiger partial charge in [0.05, 0.1) is 11.9 Å². The number of carbonyl (C=O) groups is 1. The maximum Gasteiger partial charge on any atom is 0.321 e. The fourth-order valence-corrected chi connectivity index (χ4v) is 4.38. The topological polar surface area (TPSA) is 62.2 Å². The van der Waals surface area contributed by atoms with Crippen molar-refractivity contribution in [1.82, 2.24) is 20.4 Å². The average Bonchev–Trinajstić information content (AvgIpc) is 3.43. The molecule has 1 fully saturated rings. The van der Waals surface area contributed by atoms with Crippen LogP contribution >= 0.6 is 0 Å². The normalized spacial score (nSPS) is 14.7. The van der Waals surface area contributed by atoms with Crippen molar-refractivity contribution in [2.45, 2.75) is 26.4 Å². The third-order valence-corrected chi connectivity index (χ3v) is 6.23. The molecular formula is C26H27N5O. The zero-order valence-electron chi connectivity index (χ0n) is 18.4. The van der Waals surface area contributed by atoms with E-state index < -0.39 is 0 Å². The number of nitrogens with one attached hydrogen (secondary N) is 2. The standard InChI is InChI=1S/C26H27N5O/c1-18(28-16-20-10-12-22(13-11-20)30-15-14-27-26(30)32)24-17-29-31(19(24)2)25-9-5-7-21-6-3-4-8-23(21)25/h3-13,17-18,28H,14-16H2,1-2H3,(H,27,32)/t18-/m1/s1. The number of anilines is 1. The van der Waals surface area contributed by atoms with Crippen LogP contribution in [0.3, 0.4) is 0 Å². The highest BCUT2D eigenvalue weighted by Crippen LogP contribution is 2.26. The van der Waals surface area contributed by atoms with Crippen LogP contribution < -0.4 is 15.5 Å². The molecule has 1 atom stereocenters. The Balaban J connectivity index is 1.30. The van der Waals surface area contributed by atoms with Gasteiger partial charge in [-0.15, -0.1) is 0 Å². The third-order valence-electron chi connectivity index (χ3n) is 6.23. The summed E-state index contributed by atoms with van der Waals surface area (Å²) in [6.07, 6.45) is 1.96. The van der Waals surface area contributed by atoms with Gasteiger partial charge >= 0.3 is 6.03 Å². The van der Waals surface area contributed by atoms with E-state index in [1.165, 1.54) is 21.9 Å². The molecule has 2 N–H and O–H groups in total. The molecule has 5 rings (SSSR count). The van der Waals surface area contributed by atoms with E-state index in [0.29, 0.717) is 13.1 Å². The minimum Gasteiger partial charge on any atom is -0.336 e. The molecule has 2 heterocycles. The van der Waals surface area contributed by atoms with Crippen LogP contribution in [0.5, 0.6) is 0 Å². The van der Waals surface area contributed by atoms with Crippen molar-refractivity contribution in [2.75, 3.05) is 18.0 Å². The lowest BCUT2D eigenvalue weighted by Gasteiger charge is -2.16. The summed E-state index contributed by atoms with van der Waals surface area (Å²) in [5.74, 6) is 0. The van der Waals surface area contributed by atoms with Crippen LogP contribution in [0.4, 0.5) is 10.5 Å². The van der Waals surface area contributed by atoms with E-state index in [1.807, 2.05) is 23.0 Å². The van der Waals surface area contributed by atoms with Crippen molar-refractivity contribution in [3.63, 3.8) is 0 Å². The van der Waals surface area contributed by atoms with Gasteiger partial charge in [-0.2, -0.15) is 5.10 Å². The average molecular weight is 426 g/mol. The first-order valence-electron chi connectivity index (χ1n) is 11.0. The van der Waals surface area contributed by atoms with Crippen molar-refractivity contribution in [2.24, 2.45) is 0 Å². The van der Waals surface area contributed by atoms with Gasteiger partial charge in [0, 0.05) is 48.0 Å². The number of urea groups is 1. The second kappa shape index (κ2) is 8.48. The molecule has 0 unspecified atom stereocenters. The molecule has 1 aliphatic heterocycles. The summed E-state index contributed by atoms with van der Waals surface area (Å²) in [4.78, 5) is 13.6. The molecule has 1 aromatic heterocycles. The van der Waals surface area contributed by atoms with Crippen molar-refractivity contribution in [1.29, 1.82) is 0 Å². The number of rotatable bonds is 6. The number of carbonyl (C=O) groups excluding carboxylic acids is 1. The molecular weight excluding hydrogens is 398 g/mol. The number of hydrogen-bond acceptors (Lipinski definition) is 3. The molecule has 0 aliphatic carbocycles. The Morgan fingerprint density at radius 2 is 1.84 bits per heavy atom. The van der Waals surface area contributed by atoms with Crippen molar-refractivity contribution in [3.05, 3.63) is 89.7 Å². The van der Waals surface area contributed by atoms with Crippen LogP contribution in [0.25, 0.3) is 16.5 Å². The highest BCUT2D eigenvalue weighted by molar-refractivity contribution is 5.94. The third kappa shape index (κ3) is 3.74. The molecule has 0 saturated carbocycles. The smallest absolute Gasteiger partial charge is 0.321 e. The summed E-state index contributed by atoms with van der Waals surface area (Å²) in [5, 5.41) is 13.6. The Labute approximate surface area is 187 Å². The lowest BCUT2D eigenvalue weighted by molar-refractivity contribution is 0.252. The first-order chi connectivity index (χ1) is 15.6. The van der Waals surface area contributed by atoms with Crippen LogP contribution in [0.15, 0.2) is 72.9 Å². The minimum atomic E-state index is -0.0248. The van der Waals surface area contributed by atoms with Gasteiger partial charge in [0.1, 0.15) is 0 Å². The molecule has 0 radical (unpaired) electrons. The molecule has 162 valence electrons. The van der Waals surface area contributed by atoms with E-state index in [2.05, 4.69) is 79.1 Å². The van der Waals surface area contributed by atoms with Crippen LogP contribution in [0.2, 0.25) is 0 Å². The second-order valence-electron chi connectivity index (χ2n) is 8.25. The van der Waals surface area contributed by atoms with Crippen LogP contribution in [0, 0.1) is 6.92 Å². The second-order valence-corrected chi connectivity index (χ2v) is 8.25. The summed E-state index contributed by atoms with van der Waals surface area (Å²) < 4.78 is 2.03. The quantitative estimate of drug-likeness (QED) is 0.470. The summed E-state index contributed by atoms with van der Waals surface area (Å²) in [7, 11) is 0. The van der Waals surface area contributed by atoms with E-state index in [1.54, 1.807) is 4.90 Å². The largest absolute Gasteiger partial charge is 0.336 e. The molecule has 1 saturated heterocycles. The molecule has 3 aromatic carbocycles. The van der Waals surface area contributed by atoms with Gasteiger partial charge in [0.25, 0.3) is 0 Å². The van der Waals surface area contributed by atoms with Crippen LogP contribution in [-0.2, 0) is 6.54 Å².